The summed E-state index contributed by atoms with van der Waals surface area (Å²) in [6.07, 6.45) is 27.2. The number of esters is 3. The molecule has 12 nitrogen and oxygen atoms in total. The Bertz CT molecular complexity index is 1440. The molecule has 0 spiro atoms. The Morgan fingerprint density at radius 3 is 1.27 bits per heavy atom. The first-order valence-corrected chi connectivity index (χ1v) is 27.7. The molecule has 3 atom stereocenters. The summed E-state index contributed by atoms with van der Waals surface area (Å²) >= 11 is 5.60. The van der Waals surface area contributed by atoms with Crippen molar-refractivity contribution in [2.75, 3.05) is 13.2 Å². The second-order valence-electron chi connectivity index (χ2n) is 17.2. The zero-order valence-corrected chi connectivity index (χ0v) is 46.1. The first kappa shape index (κ1) is 60.7. The quantitative estimate of drug-likeness (QED) is 0.0155. The molecule has 1 aliphatic rings. The largest absolute Gasteiger partial charge is 0.511 e. The van der Waals surface area contributed by atoms with Crippen LogP contribution in [0.4, 0.5) is 4.79 Å². The molecule has 2 N–H and O–H groups in total. The van der Waals surface area contributed by atoms with Crippen LogP contribution in [0.15, 0.2) is 18.3 Å². The molecule has 0 amide bonds. The van der Waals surface area contributed by atoms with Crippen molar-refractivity contribution in [2.45, 2.75) is 236 Å². The fourth-order valence-corrected chi connectivity index (χ4v) is 13.0. The molecule has 0 radical (unpaired) electrons. The summed E-state index contributed by atoms with van der Waals surface area (Å²) in [5, 5.41) is 0. The molecule has 0 aromatic heterocycles. The van der Waals surface area contributed by atoms with Gasteiger partial charge >= 0.3 is 24.1 Å². The van der Waals surface area contributed by atoms with E-state index in [9.17, 15) is 28.8 Å². The summed E-state index contributed by atoms with van der Waals surface area (Å²) in [4.78, 5) is 77.2. The maximum absolute atomic E-state index is 13.6. The van der Waals surface area contributed by atoms with Gasteiger partial charge in [0, 0.05) is 38.1 Å². The van der Waals surface area contributed by atoms with Crippen molar-refractivity contribution in [3.63, 3.8) is 0 Å². The van der Waals surface area contributed by atoms with E-state index in [1.165, 1.54) is 136 Å². The maximum Gasteiger partial charge on any atom is 0.511 e. The van der Waals surface area contributed by atoms with Gasteiger partial charge in [-0.25, -0.2) is 9.59 Å². The van der Waals surface area contributed by atoms with Crippen molar-refractivity contribution < 1.29 is 52.5 Å². The number of rotatable bonds is 38. The molecule has 3 unspecified atom stereocenters. The second kappa shape index (κ2) is 36.7. The van der Waals surface area contributed by atoms with Crippen molar-refractivity contribution in [1.82, 2.24) is 0 Å². The van der Waals surface area contributed by atoms with Crippen molar-refractivity contribution in [1.29, 1.82) is 0 Å². The van der Waals surface area contributed by atoms with Gasteiger partial charge in [0.2, 0.25) is 6.29 Å². The lowest BCUT2D eigenvalue weighted by atomic mass is 9.82. The number of unbranched alkanes of at least 4 members (excludes halogenated alkanes) is 24. The Hall–Kier alpha value is -1.35. The molecule has 15 heteroatoms. The number of hydrogen-bond donors (Lipinski definition) is 1. The highest BCUT2D eigenvalue weighted by Gasteiger charge is 2.53. The van der Waals surface area contributed by atoms with Gasteiger partial charge in [0.15, 0.2) is 23.2 Å². The average Bonchev–Trinajstić information content (AvgIpc) is 3.23. The SMILES string of the molecule is CCCCCCCCCCCCCCCC(=O)OCC(COC(=O)CCCCCCCCCCCCCCC)OC(=O)OC(C)OC(=O)C1(N)C(I)=C(C(C)=O)C(I)=C(C(C)=O)C1I. The van der Waals surface area contributed by atoms with Gasteiger partial charge in [-0.1, -0.05) is 191 Å². The zero-order valence-electron chi connectivity index (χ0n) is 39.6. The summed E-state index contributed by atoms with van der Waals surface area (Å²) < 4.78 is 26.7. The normalized spacial score (nSPS) is 16.8. The van der Waals surface area contributed by atoms with Crippen molar-refractivity contribution >= 4 is 103 Å². The summed E-state index contributed by atoms with van der Waals surface area (Å²) in [5.74, 6) is -2.68. The molecule has 0 aromatic rings. The zero-order chi connectivity index (χ0) is 47.8. The number of allylic oxidation sites excluding steroid dienone is 2. The van der Waals surface area contributed by atoms with E-state index in [0.29, 0.717) is 16.4 Å². The third-order valence-corrected chi connectivity index (χ3v) is 15.5. The Morgan fingerprint density at radius 1 is 0.562 bits per heavy atom. The Morgan fingerprint density at radius 2 is 0.922 bits per heavy atom. The highest BCUT2D eigenvalue weighted by atomic mass is 127. The first-order chi connectivity index (χ1) is 30.6. The van der Waals surface area contributed by atoms with E-state index in [-0.39, 0.29) is 52.3 Å². The van der Waals surface area contributed by atoms with E-state index >= 15 is 0 Å². The highest BCUT2D eigenvalue weighted by molar-refractivity contribution is 14.1. The van der Waals surface area contributed by atoms with Crippen LogP contribution >= 0.6 is 67.8 Å². The van der Waals surface area contributed by atoms with E-state index in [1.807, 2.05) is 67.8 Å². The maximum atomic E-state index is 13.6. The van der Waals surface area contributed by atoms with E-state index in [4.69, 9.17) is 29.4 Å². The average molecular weight is 1240 g/mol. The Balaban J connectivity index is 2.70. The van der Waals surface area contributed by atoms with E-state index < -0.39 is 45.9 Å². The smallest absolute Gasteiger partial charge is 0.462 e. The van der Waals surface area contributed by atoms with Gasteiger partial charge in [0.25, 0.3) is 0 Å². The minimum atomic E-state index is -1.94. The molecular formula is C49H80I3NO11. The summed E-state index contributed by atoms with van der Waals surface area (Å²) in [7, 11) is 0. The van der Waals surface area contributed by atoms with Crippen LogP contribution in [0.2, 0.25) is 0 Å². The van der Waals surface area contributed by atoms with Gasteiger partial charge in [-0.15, -0.1) is 0 Å². The number of carbonyl (C=O) groups excluding carboxylic acids is 6. The standard InChI is InChI=1S/C49H80I3NO11/c1-6-8-10-12-14-16-18-20-22-24-26-28-30-32-40(56)60-34-39(35-61-41(57)33-31-29-27-25-23-21-19-17-15-13-11-9-7-2)64-48(59)63-38(5)62-47(58)49(53)45(51)42(36(3)54)44(50)43(37(4)55)46(49)52/h38-39,45H,6-35,53H2,1-5H3. The number of hydrogen-bond acceptors (Lipinski definition) is 12. The molecule has 64 heavy (non-hydrogen) atoms. The van der Waals surface area contributed by atoms with Crippen LogP contribution in [0.1, 0.15) is 214 Å². The predicted octanol–water partition coefficient (Wildman–Crippen LogP) is 13.5. The third-order valence-electron chi connectivity index (χ3n) is 11.4. The van der Waals surface area contributed by atoms with E-state index in [1.54, 1.807) is 0 Å². The second-order valence-corrected chi connectivity index (χ2v) is 20.6. The van der Waals surface area contributed by atoms with Gasteiger partial charge < -0.3 is 29.4 Å². The first-order valence-electron chi connectivity index (χ1n) is 24.3. The van der Waals surface area contributed by atoms with Crippen LogP contribution < -0.4 is 5.73 Å². The predicted molar refractivity (Wildman–Crippen MR) is 278 cm³/mol. The molecule has 0 heterocycles. The van der Waals surface area contributed by atoms with Gasteiger partial charge in [-0.05, 0) is 71.9 Å². The van der Waals surface area contributed by atoms with Crippen LogP contribution in [0, 0.1) is 0 Å². The van der Waals surface area contributed by atoms with Crippen LogP contribution in [0.3, 0.4) is 0 Å². The van der Waals surface area contributed by atoms with Crippen molar-refractivity contribution in [2.24, 2.45) is 5.73 Å². The Kier molecular flexibility index (Phi) is 34.8. The molecule has 0 saturated heterocycles. The van der Waals surface area contributed by atoms with Crippen molar-refractivity contribution in [3.05, 3.63) is 18.3 Å². The monoisotopic (exact) mass is 1240 g/mol. The van der Waals surface area contributed by atoms with Crippen LogP contribution in [-0.4, -0.2) is 70.7 Å². The molecular weight excluding hydrogens is 1160 g/mol. The lowest BCUT2D eigenvalue weighted by molar-refractivity contribution is -0.176. The summed E-state index contributed by atoms with van der Waals surface area (Å²) in [5.41, 5.74) is 5.04. The lowest BCUT2D eigenvalue weighted by Gasteiger charge is -2.38. The molecule has 1 rings (SSSR count). The molecule has 368 valence electrons. The fourth-order valence-electron chi connectivity index (χ4n) is 7.50. The van der Waals surface area contributed by atoms with Crippen LogP contribution in [-0.2, 0) is 47.7 Å². The summed E-state index contributed by atoms with van der Waals surface area (Å²) in [6, 6.07) is 0. The third kappa shape index (κ3) is 25.1. The lowest BCUT2D eigenvalue weighted by Crippen LogP contribution is -2.60. The minimum Gasteiger partial charge on any atom is -0.462 e. The minimum absolute atomic E-state index is 0.141. The number of nitrogens with two attached hydrogens (primary N) is 1. The number of ether oxygens (including phenoxy) is 5. The number of Topliss-reactive ketones (excluding diaryl/α,β-unsaturated/α-hetero) is 2. The van der Waals surface area contributed by atoms with Crippen LogP contribution in [0.25, 0.3) is 0 Å². The number of carbonyl (C=O) groups is 6. The molecule has 0 saturated carbocycles. The number of alkyl halides is 1. The van der Waals surface area contributed by atoms with Crippen molar-refractivity contribution in [3.8, 4) is 0 Å². The van der Waals surface area contributed by atoms with Gasteiger partial charge in [0.05, 0.1) is 3.92 Å². The summed E-state index contributed by atoms with van der Waals surface area (Å²) in [6.45, 7) is 7.65. The number of ketones is 2. The topological polar surface area (TPSA) is 175 Å². The molecule has 0 aliphatic heterocycles. The van der Waals surface area contributed by atoms with Gasteiger partial charge in [-0.3, -0.25) is 19.2 Å². The number of halogens is 3. The van der Waals surface area contributed by atoms with Gasteiger partial charge in [-0.2, -0.15) is 0 Å². The highest BCUT2D eigenvalue weighted by Crippen LogP contribution is 2.47. The van der Waals surface area contributed by atoms with Gasteiger partial charge in [0.1, 0.15) is 13.2 Å². The molecule has 0 bridgehead atoms. The molecule has 1 aliphatic carbocycles. The fraction of sp³-hybridized carbons (Fsp3) is 0.796. The Labute approximate surface area is 426 Å². The molecule has 0 aromatic carbocycles. The van der Waals surface area contributed by atoms with Crippen LogP contribution in [0.5, 0.6) is 0 Å². The molecule has 0 fully saturated rings. The van der Waals surface area contributed by atoms with E-state index in [2.05, 4.69) is 13.8 Å². The van der Waals surface area contributed by atoms with E-state index in [0.717, 1.165) is 38.5 Å².